The fourth-order valence-corrected chi connectivity index (χ4v) is 2.76. The molecule has 1 N–H and O–H groups in total. The van der Waals surface area contributed by atoms with E-state index < -0.39 is 0 Å². The van der Waals surface area contributed by atoms with Crippen molar-refractivity contribution in [2.24, 2.45) is 11.8 Å². The highest BCUT2D eigenvalue weighted by atomic mass is 16.5. The predicted molar refractivity (Wildman–Crippen MR) is 59.9 cm³/mol. The number of hydrogen-bond acceptors (Lipinski definition) is 3. The summed E-state index contributed by atoms with van der Waals surface area (Å²) in [6.45, 7) is 3.83. The first kappa shape index (κ1) is 11.4. The van der Waals surface area contributed by atoms with Gasteiger partial charge in [0.2, 0.25) is 0 Å². The van der Waals surface area contributed by atoms with Gasteiger partial charge in [-0.05, 0) is 44.6 Å². The van der Waals surface area contributed by atoms with Crippen LogP contribution in [-0.4, -0.2) is 39.5 Å². The summed E-state index contributed by atoms with van der Waals surface area (Å²) in [5, 5.41) is 3.46. The molecule has 2 aliphatic rings. The number of hydrogen-bond donors (Lipinski definition) is 1. The first-order valence-electron chi connectivity index (χ1n) is 6.23. The summed E-state index contributed by atoms with van der Waals surface area (Å²) in [5.41, 5.74) is 0. The molecular weight excluding hydrogens is 190 g/mol. The standard InChI is InChI=1S/C12H23NO2/c1-13-12(7-10-4-6-15-8-10)11-3-2-5-14-9-11/h10-13H,2-9H2,1H3. The fraction of sp³-hybridized carbons (Fsp3) is 1.00. The maximum atomic E-state index is 5.56. The highest BCUT2D eigenvalue weighted by Gasteiger charge is 2.27. The Morgan fingerprint density at radius 1 is 1.20 bits per heavy atom. The Labute approximate surface area is 92.5 Å². The van der Waals surface area contributed by atoms with E-state index in [4.69, 9.17) is 9.47 Å². The van der Waals surface area contributed by atoms with Crippen molar-refractivity contribution in [1.29, 1.82) is 0 Å². The van der Waals surface area contributed by atoms with Crippen molar-refractivity contribution in [3.8, 4) is 0 Å². The molecule has 0 aromatic carbocycles. The van der Waals surface area contributed by atoms with E-state index >= 15 is 0 Å². The molecule has 2 saturated heterocycles. The van der Waals surface area contributed by atoms with E-state index in [0.717, 1.165) is 32.3 Å². The molecule has 0 aliphatic carbocycles. The zero-order chi connectivity index (χ0) is 10.5. The summed E-state index contributed by atoms with van der Waals surface area (Å²) < 4.78 is 11.0. The highest BCUT2D eigenvalue weighted by molar-refractivity contribution is 4.81. The number of rotatable bonds is 4. The largest absolute Gasteiger partial charge is 0.381 e. The van der Waals surface area contributed by atoms with Crippen LogP contribution >= 0.6 is 0 Å². The lowest BCUT2D eigenvalue weighted by atomic mass is 9.87. The van der Waals surface area contributed by atoms with E-state index in [1.165, 1.54) is 25.7 Å². The van der Waals surface area contributed by atoms with Crippen LogP contribution in [0.25, 0.3) is 0 Å². The Balaban J connectivity index is 1.79. The highest BCUT2D eigenvalue weighted by Crippen LogP contribution is 2.25. The molecule has 2 heterocycles. The van der Waals surface area contributed by atoms with Crippen LogP contribution in [-0.2, 0) is 9.47 Å². The minimum Gasteiger partial charge on any atom is -0.381 e. The quantitative estimate of drug-likeness (QED) is 0.766. The van der Waals surface area contributed by atoms with Crippen LogP contribution in [0.1, 0.15) is 25.7 Å². The Kier molecular flexibility index (Phi) is 4.42. The lowest BCUT2D eigenvalue weighted by molar-refractivity contribution is 0.0360. The first-order chi connectivity index (χ1) is 7.40. The van der Waals surface area contributed by atoms with Crippen molar-refractivity contribution >= 4 is 0 Å². The minimum atomic E-state index is 0.622. The Morgan fingerprint density at radius 2 is 2.07 bits per heavy atom. The lowest BCUT2D eigenvalue weighted by Gasteiger charge is -2.31. The summed E-state index contributed by atoms with van der Waals surface area (Å²) >= 11 is 0. The van der Waals surface area contributed by atoms with E-state index in [9.17, 15) is 0 Å². The molecular formula is C12H23NO2. The molecule has 0 radical (unpaired) electrons. The topological polar surface area (TPSA) is 30.5 Å². The number of ether oxygens (including phenoxy) is 2. The van der Waals surface area contributed by atoms with Crippen LogP contribution in [0.5, 0.6) is 0 Å². The molecule has 3 heteroatoms. The van der Waals surface area contributed by atoms with Crippen LogP contribution in [0.3, 0.4) is 0 Å². The molecule has 15 heavy (non-hydrogen) atoms. The fourth-order valence-electron chi connectivity index (χ4n) is 2.76. The zero-order valence-corrected chi connectivity index (χ0v) is 9.71. The van der Waals surface area contributed by atoms with E-state index in [1.807, 2.05) is 0 Å². The van der Waals surface area contributed by atoms with Gasteiger partial charge in [-0.25, -0.2) is 0 Å². The Bertz CT molecular complexity index is 174. The van der Waals surface area contributed by atoms with Gasteiger partial charge in [-0.15, -0.1) is 0 Å². The lowest BCUT2D eigenvalue weighted by Crippen LogP contribution is -2.39. The van der Waals surface area contributed by atoms with E-state index in [0.29, 0.717) is 12.0 Å². The molecule has 0 spiro atoms. The maximum absolute atomic E-state index is 5.56. The van der Waals surface area contributed by atoms with Gasteiger partial charge in [0.1, 0.15) is 0 Å². The molecule has 88 valence electrons. The van der Waals surface area contributed by atoms with E-state index in [2.05, 4.69) is 12.4 Å². The van der Waals surface area contributed by atoms with Gasteiger partial charge in [-0.1, -0.05) is 0 Å². The third kappa shape index (κ3) is 3.16. The second-order valence-corrected chi connectivity index (χ2v) is 4.84. The third-order valence-electron chi connectivity index (χ3n) is 3.75. The first-order valence-corrected chi connectivity index (χ1v) is 6.23. The second kappa shape index (κ2) is 5.83. The summed E-state index contributed by atoms with van der Waals surface area (Å²) in [7, 11) is 2.08. The van der Waals surface area contributed by atoms with Gasteiger partial charge in [-0.3, -0.25) is 0 Å². The van der Waals surface area contributed by atoms with Gasteiger partial charge in [0.05, 0.1) is 6.61 Å². The van der Waals surface area contributed by atoms with Gasteiger partial charge >= 0.3 is 0 Å². The van der Waals surface area contributed by atoms with Crippen molar-refractivity contribution in [3.63, 3.8) is 0 Å². The Morgan fingerprint density at radius 3 is 2.67 bits per heavy atom. The molecule has 0 aromatic heterocycles. The monoisotopic (exact) mass is 213 g/mol. The molecule has 0 aromatic rings. The van der Waals surface area contributed by atoms with Crippen LogP contribution in [0, 0.1) is 11.8 Å². The zero-order valence-electron chi connectivity index (χ0n) is 9.71. The summed E-state index contributed by atoms with van der Waals surface area (Å²) in [4.78, 5) is 0. The van der Waals surface area contributed by atoms with Gasteiger partial charge in [0, 0.05) is 25.9 Å². The van der Waals surface area contributed by atoms with Crippen LogP contribution in [0.4, 0.5) is 0 Å². The smallest absolute Gasteiger partial charge is 0.0509 e. The molecule has 0 bridgehead atoms. The third-order valence-corrected chi connectivity index (χ3v) is 3.75. The van der Waals surface area contributed by atoms with Gasteiger partial charge in [0.25, 0.3) is 0 Å². The predicted octanol–water partition coefficient (Wildman–Crippen LogP) is 1.43. The average Bonchev–Trinajstić information content (AvgIpc) is 2.80. The second-order valence-electron chi connectivity index (χ2n) is 4.84. The summed E-state index contributed by atoms with van der Waals surface area (Å²) in [6, 6.07) is 0.622. The van der Waals surface area contributed by atoms with Crippen LogP contribution < -0.4 is 5.32 Å². The molecule has 2 aliphatic heterocycles. The minimum absolute atomic E-state index is 0.622. The van der Waals surface area contributed by atoms with Crippen molar-refractivity contribution in [1.82, 2.24) is 5.32 Å². The molecule has 3 unspecified atom stereocenters. The van der Waals surface area contributed by atoms with Crippen molar-refractivity contribution in [3.05, 3.63) is 0 Å². The van der Waals surface area contributed by atoms with Crippen LogP contribution in [0.15, 0.2) is 0 Å². The van der Waals surface area contributed by atoms with Gasteiger partial charge < -0.3 is 14.8 Å². The van der Waals surface area contributed by atoms with Crippen LogP contribution in [0.2, 0.25) is 0 Å². The SMILES string of the molecule is CNC(CC1CCOC1)C1CCCOC1. The van der Waals surface area contributed by atoms with Crippen molar-refractivity contribution in [2.75, 3.05) is 33.5 Å². The van der Waals surface area contributed by atoms with Gasteiger partial charge in [0.15, 0.2) is 0 Å². The average molecular weight is 213 g/mol. The van der Waals surface area contributed by atoms with E-state index in [-0.39, 0.29) is 0 Å². The normalized spacial score (nSPS) is 34.2. The molecule has 2 fully saturated rings. The summed E-state index contributed by atoms with van der Waals surface area (Å²) in [5.74, 6) is 1.48. The molecule has 2 rings (SSSR count). The molecule has 0 amide bonds. The molecule has 3 atom stereocenters. The number of nitrogens with one attached hydrogen (secondary N) is 1. The molecule has 0 saturated carbocycles. The Hall–Kier alpha value is -0.120. The van der Waals surface area contributed by atoms with Gasteiger partial charge in [-0.2, -0.15) is 0 Å². The van der Waals surface area contributed by atoms with Crippen molar-refractivity contribution < 1.29 is 9.47 Å². The maximum Gasteiger partial charge on any atom is 0.0509 e. The summed E-state index contributed by atoms with van der Waals surface area (Å²) in [6.07, 6.45) is 5.04. The van der Waals surface area contributed by atoms with Crippen molar-refractivity contribution in [2.45, 2.75) is 31.7 Å². The molecule has 3 nitrogen and oxygen atoms in total. The van der Waals surface area contributed by atoms with E-state index in [1.54, 1.807) is 0 Å².